The van der Waals surface area contributed by atoms with Crippen molar-refractivity contribution >= 4 is 16.9 Å². The lowest BCUT2D eigenvalue weighted by Crippen LogP contribution is -3.11. The van der Waals surface area contributed by atoms with E-state index in [-0.39, 0.29) is 5.43 Å². The summed E-state index contributed by atoms with van der Waals surface area (Å²) in [5, 5.41) is 0.631. The molecule has 0 amide bonds. The number of likely N-dealkylation sites (tertiary alicyclic amines) is 1. The van der Waals surface area contributed by atoms with Gasteiger partial charge in [-0.1, -0.05) is 12.1 Å². The number of piperidine rings is 1. The van der Waals surface area contributed by atoms with Gasteiger partial charge in [0.1, 0.15) is 12.2 Å². The molecule has 0 atom stereocenters. The lowest BCUT2D eigenvalue weighted by Gasteiger charge is -2.24. The molecule has 0 saturated carbocycles. The lowest BCUT2D eigenvalue weighted by atomic mass is 10.1. The normalized spacial score (nSPS) is 15.7. The van der Waals surface area contributed by atoms with Crippen LogP contribution >= 0.6 is 0 Å². The Morgan fingerprint density at radius 2 is 1.96 bits per heavy atom. The number of ether oxygens (including phenoxy) is 1. The second kappa shape index (κ2) is 6.96. The molecule has 3 rings (SSSR count). The van der Waals surface area contributed by atoms with Crippen LogP contribution < -0.4 is 10.3 Å². The van der Waals surface area contributed by atoms with Crippen LogP contribution in [-0.4, -0.2) is 30.6 Å². The van der Waals surface area contributed by atoms with Crippen LogP contribution in [0, 0.1) is 0 Å². The maximum absolute atomic E-state index is 12.9. The number of rotatable bonds is 4. The predicted octanol–water partition coefficient (Wildman–Crippen LogP) is 1.27. The van der Waals surface area contributed by atoms with Crippen molar-refractivity contribution in [2.45, 2.75) is 32.7 Å². The zero-order valence-corrected chi connectivity index (χ0v) is 13.5. The molecule has 23 heavy (non-hydrogen) atoms. The fourth-order valence-electron chi connectivity index (χ4n) is 3.30. The minimum atomic E-state index is -0.443. The molecular formula is C18H23N2O3+. The molecule has 0 aliphatic carbocycles. The molecule has 5 heteroatoms. The molecule has 0 radical (unpaired) electrons. The number of aromatic amines is 1. The number of esters is 1. The fourth-order valence-corrected chi connectivity index (χ4v) is 3.30. The van der Waals surface area contributed by atoms with Crippen molar-refractivity contribution in [1.82, 2.24) is 4.98 Å². The van der Waals surface area contributed by atoms with Gasteiger partial charge in [0.05, 0.1) is 25.3 Å². The molecule has 1 fully saturated rings. The highest BCUT2D eigenvalue weighted by atomic mass is 16.5. The predicted molar refractivity (Wildman–Crippen MR) is 88.8 cm³/mol. The number of para-hydroxylation sites is 1. The van der Waals surface area contributed by atoms with Crippen molar-refractivity contribution in [2.75, 3.05) is 19.7 Å². The average molecular weight is 315 g/mol. The quantitative estimate of drug-likeness (QED) is 0.835. The Morgan fingerprint density at radius 1 is 1.22 bits per heavy atom. The van der Waals surface area contributed by atoms with E-state index in [4.69, 9.17) is 4.74 Å². The van der Waals surface area contributed by atoms with Crippen LogP contribution in [0.2, 0.25) is 0 Å². The summed E-state index contributed by atoms with van der Waals surface area (Å²) in [7, 11) is 0. The van der Waals surface area contributed by atoms with E-state index in [0.29, 0.717) is 35.3 Å². The summed E-state index contributed by atoms with van der Waals surface area (Å²) < 4.78 is 5.14. The zero-order valence-electron chi connectivity index (χ0n) is 13.5. The number of benzene rings is 1. The summed E-state index contributed by atoms with van der Waals surface area (Å²) >= 11 is 0. The van der Waals surface area contributed by atoms with Crippen LogP contribution in [0.3, 0.4) is 0 Å². The number of nitrogens with one attached hydrogen (secondary N) is 2. The van der Waals surface area contributed by atoms with E-state index < -0.39 is 5.97 Å². The summed E-state index contributed by atoms with van der Waals surface area (Å²) in [5.41, 5.74) is 1.49. The molecule has 122 valence electrons. The highest BCUT2D eigenvalue weighted by Crippen LogP contribution is 2.12. The van der Waals surface area contributed by atoms with Gasteiger partial charge in [-0.2, -0.15) is 0 Å². The summed E-state index contributed by atoms with van der Waals surface area (Å²) in [5.74, 6) is -0.443. The number of hydrogen-bond acceptors (Lipinski definition) is 3. The number of H-pyrrole nitrogens is 1. The Balaban J connectivity index is 2.07. The Bertz CT molecular complexity index is 760. The van der Waals surface area contributed by atoms with Gasteiger partial charge in [0, 0.05) is 10.9 Å². The van der Waals surface area contributed by atoms with Gasteiger partial charge in [0.25, 0.3) is 0 Å². The molecule has 1 saturated heterocycles. The van der Waals surface area contributed by atoms with E-state index in [1.165, 1.54) is 24.2 Å². The van der Waals surface area contributed by atoms with E-state index in [1.54, 1.807) is 13.0 Å². The maximum Gasteiger partial charge on any atom is 0.355 e. The standard InChI is InChI=1S/C18H22N2O3/c1-2-23-18(22)16-14(12-20-10-6-3-7-11-20)17(21)13-8-4-5-9-15(13)19-16/h4-5,8-9H,2-3,6-7,10-12H2,1H3,(H,19,21)/p+1. The first-order valence-corrected chi connectivity index (χ1v) is 8.35. The van der Waals surface area contributed by atoms with Gasteiger partial charge in [0.2, 0.25) is 0 Å². The van der Waals surface area contributed by atoms with Crippen molar-refractivity contribution < 1.29 is 14.4 Å². The molecule has 5 nitrogen and oxygen atoms in total. The Labute approximate surface area is 135 Å². The minimum Gasteiger partial charge on any atom is -0.461 e. The Morgan fingerprint density at radius 3 is 2.70 bits per heavy atom. The summed E-state index contributed by atoms with van der Waals surface area (Å²) in [6, 6.07) is 7.32. The maximum atomic E-state index is 12.9. The topological polar surface area (TPSA) is 63.6 Å². The summed E-state index contributed by atoms with van der Waals surface area (Å²) in [6.45, 7) is 4.74. The van der Waals surface area contributed by atoms with Crippen molar-refractivity contribution in [2.24, 2.45) is 0 Å². The van der Waals surface area contributed by atoms with E-state index in [0.717, 1.165) is 13.1 Å². The third-order valence-electron chi connectivity index (χ3n) is 4.47. The van der Waals surface area contributed by atoms with Crippen molar-refractivity contribution in [3.63, 3.8) is 0 Å². The largest absolute Gasteiger partial charge is 0.461 e. The van der Waals surface area contributed by atoms with Gasteiger partial charge < -0.3 is 14.6 Å². The van der Waals surface area contributed by atoms with Crippen LogP contribution in [0.15, 0.2) is 29.1 Å². The first kappa shape index (κ1) is 15.7. The van der Waals surface area contributed by atoms with Crippen LogP contribution in [0.1, 0.15) is 42.2 Å². The lowest BCUT2D eigenvalue weighted by molar-refractivity contribution is -0.918. The van der Waals surface area contributed by atoms with Gasteiger partial charge in [-0.15, -0.1) is 0 Å². The first-order chi connectivity index (χ1) is 11.2. The fraction of sp³-hybridized carbons (Fsp3) is 0.444. The molecule has 1 aromatic carbocycles. The molecule has 1 aromatic heterocycles. The number of carbonyl (C=O) groups is 1. The number of fused-ring (bicyclic) bond motifs is 1. The second-order valence-corrected chi connectivity index (χ2v) is 6.06. The smallest absolute Gasteiger partial charge is 0.355 e. The van der Waals surface area contributed by atoms with Gasteiger partial charge in [-0.3, -0.25) is 4.79 Å². The highest BCUT2D eigenvalue weighted by Gasteiger charge is 2.23. The summed E-state index contributed by atoms with van der Waals surface area (Å²) in [4.78, 5) is 29.7. The number of hydrogen-bond donors (Lipinski definition) is 2. The molecule has 1 aliphatic heterocycles. The van der Waals surface area contributed by atoms with Crippen molar-refractivity contribution in [3.8, 4) is 0 Å². The van der Waals surface area contributed by atoms with Crippen molar-refractivity contribution in [3.05, 3.63) is 45.7 Å². The third kappa shape index (κ3) is 3.29. The number of pyridine rings is 1. The number of aromatic nitrogens is 1. The first-order valence-electron chi connectivity index (χ1n) is 8.35. The molecule has 0 spiro atoms. The van der Waals surface area contributed by atoms with Gasteiger partial charge in [-0.25, -0.2) is 4.79 Å². The third-order valence-corrected chi connectivity index (χ3v) is 4.47. The van der Waals surface area contributed by atoms with E-state index in [1.807, 2.05) is 18.2 Å². The van der Waals surface area contributed by atoms with Crippen molar-refractivity contribution in [1.29, 1.82) is 0 Å². The van der Waals surface area contributed by atoms with Crippen LogP contribution in [0.5, 0.6) is 0 Å². The van der Waals surface area contributed by atoms with Crippen LogP contribution in [0.4, 0.5) is 0 Å². The molecular weight excluding hydrogens is 292 g/mol. The van der Waals surface area contributed by atoms with E-state index in [2.05, 4.69) is 4.98 Å². The molecule has 2 heterocycles. The van der Waals surface area contributed by atoms with Crippen LogP contribution in [-0.2, 0) is 11.3 Å². The van der Waals surface area contributed by atoms with E-state index >= 15 is 0 Å². The van der Waals surface area contributed by atoms with Gasteiger partial charge in [0.15, 0.2) is 5.43 Å². The molecule has 0 bridgehead atoms. The average Bonchev–Trinajstić information content (AvgIpc) is 2.58. The summed E-state index contributed by atoms with van der Waals surface area (Å²) in [6.07, 6.45) is 3.60. The second-order valence-electron chi connectivity index (χ2n) is 6.06. The highest BCUT2D eigenvalue weighted by molar-refractivity contribution is 5.92. The SMILES string of the molecule is CCOC(=O)c1[nH]c2ccccc2c(=O)c1C[NH+]1CCCCC1. The van der Waals surface area contributed by atoms with Crippen LogP contribution in [0.25, 0.3) is 10.9 Å². The monoisotopic (exact) mass is 315 g/mol. The van der Waals surface area contributed by atoms with Gasteiger partial charge in [-0.05, 0) is 38.3 Å². The molecule has 2 N–H and O–H groups in total. The zero-order chi connectivity index (χ0) is 16.2. The minimum absolute atomic E-state index is 0.0551. The Kier molecular flexibility index (Phi) is 4.76. The molecule has 0 unspecified atom stereocenters. The Hall–Kier alpha value is -2.14. The van der Waals surface area contributed by atoms with E-state index in [9.17, 15) is 9.59 Å². The molecule has 1 aliphatic rings. The van der Waals surface area contributed by atoms with Gasteiger partial charge >= 0.3 is 5.97 Å². The number of carbonyl (C=O) groups excluding carboxylic acids is 1. The number of quaternary nitrogens is 1. The molecule has 2 aromatic rings.